The summed E-state index contributed by atoms with van der Waals surface area (Å²) in [6.07, 6.45) is 0.331. The van der Waals surface area contributed by atoms with Crippen molar-refractivity contribution >= 4 is 11.7 Å². The smallest absolute Gasteiger partial charge is 0.331 e. The Kier molecular flexibility index (Phi) is 3.69. The molecule has 118 valence electrons. The van der Waals surface area contributed by atoms with Gasteiger partial charge in [-0.1, -0.05) is 13.0 Å². The van der Waals surface area contributed by atoms with E-state index in [2.05, 4.69) is 4.98 Å². The second kappa shape index (κ2) is 5.68. The lowest BCUT2D eigenvalue weighted by molar-refractivity contribution is -0.386. The van der Waals surface area contributed by atoms with E-state index in [4.69, 9.17) is 9.47 Å². The number of hydrogen-bond donors (Lipinski definition) is 0. The monoisotopic (exact) mass is 314 g/mol. The molecule has 1 aliphatic heterocycles. The second-order valence-electron chi connectivity index (χ2n) is 5.41. The highest BCUT2D eigenvalue weighted by Crippen LogP contribution is 2.38. The Hall–Kier alpha value is -2.96. The Morgan fingerprint density at radius 3 is 2.87 bits per heavy atom. The molecule has 0 N–H and O–H groups in total. The average molecular weight is 314 g/mol. The number of nitro groups is 1. The van der Waals surface area contributed by atoms with Gasteiger partial charge in [-0.3, -0.25) is 14.9 Å². The molecule has 0 amide bonds. The molecule has 2 heterocycles. The van der Waals surface area contributed by atoms with Crippen LogP contribution >= 0.6 is 0 Å². The van der Waals surface area contributed by atoms with Crippen molar-refractivity contribution < 1.29 is 19.2 Å². The molecule has 0 radical (unpaired) electrons. The van der Waals surface area contributed by atoms with E-state index in [1.54, 1.807) is 31.2 Å². The fourth-order valence-corrected chi connectivity index (χ4v) is 2.45. The molecule has 0 saturated carbocycles. The van der Waals surface area contributed by atoms with E-state index in [9.17, 15) is 14.9 Å². The first kappa shape index (κ1) is 15.0. The van der Waals surface area contributed by atoms with E-state index >= 15 is 0 Å². The summed E-state index contributed by atoms with van der Waals surface area (Å²) in [5, 5.41) is 11.1. The highest BCUT2D eigenvalue weighted by Gasteiger charge is 2.25. The summed E-state index contributed by atoms with van der Waals surface area (Å²) in [6, 6.07) is 7.92. The molecule has 0 spiro atoms. The number of pyridine rings is 1. The van der Waals surface area contributed by atoms with Crippen molar-refractivity contribution in [1.82, 2.24) is 4.98 Å². The third-order valence-corrected chi connectivity index (χ3v) is 3.60. The molecule has 1 aromatic heterocycles. The fourth-order valence-electron chi connectivity index (χ4n) is 2.45. The van der Waals surface area contributed by atoms with Crippen LogP contribution in [0.4, 0.5) is 5.69 Å². The van der Waals surface area contributed by atoms with Gasteiger partial charge in [-0.15, -0.1) is 0 Å². The Morgan fingerprint density at radius 1 is 1.35 bits per heavy atom. The van der Waals surface area contributed by atoms with Crippen molar-refractivity contribution in [3.8, 4) is 17.4 Å². The zero-order valence-electron chi connectivity index (χ0n) is 12.6. The summed E-state index contributed by atoms with van der Waals surface area (Å²) in [7, 11) is 0. The lowest BCUT2D eigenvalue weighted by Gasteiger charge is -2.21. The molecule has 0 saturated heterocycles. The molecule has 0 aliphatic carbocycles. The lowest BCUT2D eigenvalue weighted by Crippen LogP contribution is -2.18. The molecule has 23 heavy (non-hydrogen) atoms. The van der Waals surface area contributed by atoms with Gasteiger partial charge in [0.2, 0.25) is 0 Å². The predicted octanol–water partition coefficient (Wildman–Crippen LogP) is 3.50. The maximum atomic E-state index is 11.5. The van der Waals surface area contributed by atoms with Crippen LogP contribution in [-0.2, 0) is 4.79 Å². The first-order valence-corrected chi connectivity index (χ1v) is 7.08. The predicted molar refractivity (Wildman–Crippen MR) is 80.8 cm³/mol. The summed E-state index contributed by atoms with van der Waals surface area (Å²) in [5.41, 5.74) is 1.28. The molecule has 3 rings (SSSR count). The highest BCUT2D eigenvalue weighted by atomic mass is 16.6. The van der Waals surface area contributed by atoms with Crippen LogP contribution in [-0.4, -0.2) is 15.9 Å². The molecular formula is C16H14N2O5. The summed E-state index contributed by atoms with van der Waals surface area (Å²) in [4.78, 5) is 26.1. The van der Waals surface area contributed by atoms with Gasteiger partial charge in [-0.05, 0) is 30.5 Å². The molecule has 1 aromatic carbocycles. The van der Waals surface area contributed by atoms with Crippen LogP contribution in [0.2, 0.25) is 0 Å². The molecular weight excluding hydrogens is 300 g/mol. The summed E-state index contributed by atoms with van der Waals surface area (Å²) in [5.74, 6) is 0.409. The third kappa shape index (κ3) is 2.98. The van der Waals surface area contributed by atoms with Crippen LogP contribution in [0, 0.1) is 17.0 Å². The summed E-state index contributed by atoms with van der Waals surface area (Å²) in [6.45, 7) is 3.65. The molecule has 7 heteroatoms. The van der Waals surface area contributed by atoms with Gasteiger partial charge < -0.3 is 9.47 Å². The number of ether oxygens (including phenoxy) is 2. The Labute approximate surface area is 132 Å². The number of hydrogen-bond acceptors (Lipinski definition) is 6. The van der Waals surface area contributed by atoms with Crippen LogP contribution < -0.4 is 9.47 Å². The number of aromatic nitrogens is 1. The number of carbonyl (C=O) groups is 1. The number of benzene rings is 1. The molecule has 1 atom stereocenters. The number of carbonyl (C=O) groups excluding carboxylic acids is 1. The molecule has 7 nitrogen and oxygen atoms in total. The Balaban J connectivity index is 1.96. The van der Waals surface area contributed by atoms with Gasteiger partial charge in [0, 0.05) is 17.8 Å². The van der Waals surface area contributed by atoms with E-state index in [-0.39, 0.29) is 23.5 Å². The van der Waals surface area contributed by atoms with Gasteiger partial charge in [0.05, 0.1) is 11.3 Å². The van der Waals surface area contributed by atoms with Gasteiger partial charge in [0.25, 0.3) is 5.88 Å². The molecule has 1 unspecified atom stereocenters. The number of esters is 1. The number of fused-ring (bicyclic) bond motifs is 1. The van der Waals surface area contributed by atoms with Crippen molar-refractivity contribution in [3.63, 3.8) is 0 Å². The van der Waals surface area contributed by atoms with E-state index in [1.165, 1.54) is 6.07 Å². The van der Waals surface area contributed by atoms with E-state index in [1.807, 2.05) is 6.92 Å². The highest BCUT2D eigenvalue weighted by molar-refractivity contribution is 5.76. The van der Waals surface area contributed by atoms with Gasteiger partial charge in [0.15, 0.2) is 0 Å². The van der Waals surface area contributed by atoms with Gasteiger partial charge >= 0.3 is 11.7 Å². The second-order valence-corrected chi connectivity index (χ2v) is 5.41. The average Bonchev–Trinajstić information content (AvgIpc) is 2.46. The number of rotatable bonds is 3. The van der Waals surface area contributed by atoms with Crippen LogP contribution in [0.3, 0.4) is 0 Å². The zero-order chi connectivity index (χ0) is 16.6. The van der Waals surface area contributed by atoms with Crippen LogP contribution in [0.1, 0.15) is 30.5 Å². The van der Waals surface area contributed by atoms with Gasteiger partial charge in [-0.2, -0.15) is 0 Å². The molecule has 1 aliphatic rings. The summed E-state index contributed by atoms with van der Waals surface area (Å²) >= 11 is 0. The standard InChI is InChI=1S/C16H14N2O5/c1-9-7-15(19)23-14-8-11(4-5-12(9)14)22-16-13(18(20)21)6-3-10(2)17-16/h3-6,8-9H,7H2,1-2H3. The topological polar surface area (TPSA) is 91.6 Å². The lowest BCUT2D eigenvalue weighted by atomic mass is 9.95. The van der Waals surface area contributed by atoms with Crippen molar-refractivity contribution in [3.05, 3.63) is 51.7 Å². The third-order valence-electron chi connectivity index (χ3n) is 3.60. The maximum absolute atomic E-state index is 11.5. The quantitative estimate of drug-likeness (QED) is 0.372. The van der Waals surface area contributed by atoms with Crippen LogP contribution in [0.25, 0.3) is 0 Å². The van der Waals surface area contributed by atoms with Crippen molar-refractivity contribution in [2.75, 3.05) is 0 Å². The largest absolute Gasteiger partial charge is 0.434 e. The minimum Gasteiger partial charge on any atom is -0.434 e. The molecule has 2 aromatic rings. The SMILES string of the molecule is Cc1ccc([N+](=O)[O-])c(Oc2ccc3c(c2)OC(=O)CC3C)n1. The van der Waals surface area contributed by atoms with E-state index in [0.29, 0.717) is 23.6 Å². The van der Waals surface area contributed by atoms with Gasteiger partial charge in [-0.25, -0.2) is 4.98 Å². The number of aryl methyl sites for hydroxylation is 1. The van der Waals surface area contributed by atoms with Gasteiger partial charge in [0.1, 0.15) is 11.5 Å². The van der Waals surface area contributed by atoms with E-state index < -0.39 is 4.92 Å². The summed E-state index contributed by atoms with van der Waals surface area (Å²) < 4.78 is 10.8. The first-order valence-electron chi connectivity index (χ1n) is 7.08. The fraction of sp³-hybridized carbons (Fsp3) is 0.250. The minimum absolute atomic E-state index is 0.0618. The molecule has 0 bridgehead atoms. The normalized spacial score (nSPS) is 16.4. The van der Waals surface area contributed by atoms with Crippen molar-refractivity contribution in [2.24, 2.45) is 0 Å². The Bertz CT molecular complexity index is 803. The van der Waals surface area contributed by atoms with Crippen LogP contribution in [0.5, 0.6) is 17.4 Å². The van der Waals surface area contributed by atoms with Crippen LogP contribution in [0.15, 0.2) is 30.3 Å². The zero-order valence-corrected chi connectivity index (χ0v) is 12.6. The van der Waals surface area contributed by atoms with E-state index in [0.717, 1.165) is 5.56 Å². The number of nitrogens with zero attached hydrogens (tertiary/aromatic N) is 2. The maximum Gasteiger partial charge on any atom is 0.331 e. The van der Waals surface area contributed by atoms with Crippen molar-refractivity contribution in [2.45, 2.75) is 26.2 Å². The van der Waals surface area contributed by atoms with Crippen molar-refractivity contribution in [1.29, 1.82) is 0 Å². The minimum atomic E-state index is -0.553. The molecule has 0 fully saturated rings. The first-order chi connectivity index (χ1) is 10.9. The Morgan fingerprint density at radius 2 is 2.13 bits per heavy atom.